The zero-order valence-electron chi connectivity index (χ0n) is 18.4. The Labute approximate surface area is 191 Å². The highest BCUT2D eigenvalue weighted by Gasteiger charge is 2.63. The number of methoxy groups -OCH3 is 2. The molecule has 33 heavy (non-hydrogen) atoms. The third-order valence-corrected chi connectivity index (χ3v) is 6.16. The van der Waals surface area contributed by atoms with Gasteiger partial charge in [0.25, 0.3) is 11.5 Å². The number of aryl methyl sites for hydroxylation is 1. The van der Waals surface area contributed by atoms with Crippen molar-refractivity contribution in [2.45, 2.75) is 12.5 Å². The Morgan fingerprint density at radius 2 is 1.73 bits per heavy atom. The molecule has 1 spiro atoms. The molecule has 5 rings (SSSR count). The highest BCUT2D eigenvalue weighted by Crippen LogP contribution is 2.50. The zero-order chi connectivity index (χ0) is 23.2. The quantitative estimate of drug-likeness (QED) is 0.602. The molecule has 7 nitrogen and oxygen atoms in total. The van der Waals surface area contributed by atoms with Gasteiger partial charge in [-0.15, -0.1) is 0 Å². The predicted molar refractivity (Wildman–Crippen MR) is 123 cm³/mol. The average molecular weight is 442 g/mol. The van der Waals surface area contributed by atoms with Gasteiger partial charge in [0.1, 0.15) is 11.6 Å². The first kappa shape index (κ1) is 20.8. The van der Waals surface area contributed by atoms with Gasteiger partial charge in [-0.1, -0.05) is 53.2 Å². The lowest BCUT2D eigenvalue weighted by atomic mass is 9.74. The monoisotopic (exact) mass is 442 g/mol. The van der Waals surface area contributed by atoms with E-state index in [1.165, 1.54) is 14.2 Å². The summed E-state index contributed by atoms with van der Waals surface area (Å²) in [4.78, 5) is 33.3. The number of para-hydroxylation sites is 1. The Morgan fingerprint density at radius 1 is 1.00 bits per heavy atom. The van der Waals surface area contributed by atoms with Gasteiger partial charge in [-0.25, -0.2) is 0 Å². The molecule has 2 aliphatic heterocycles. The van der Waals surface area contributed by atoms with Gasteiger partial charge in [0.15, 0.2) is 17.3 Å². The third kappa shape index (κ3) is 3.08. The van der Waals surface area contributed by atoms with Crippen LogP contribution in [0.25, 0.3) is 0 Å². The summed E-state index contributed by atoms with van der Waals surface area (Å²) in [5, 5.41) is 7.16. The molecule has 3 aromatic rings. The van der Waals surface area contributed by atoms with E-state index in [9.17, 15) is 9.59 Å². The Kier molecular flexibility index (Phi) is 4.89. The topological polar surface area (TPSA) is 86.2 Å². The van der Waals surface area contributed by atoms with E-state index in [2.05, 4.69) is 10.5 Å². The first-order chi connectivity index (χ1) is 16.0. The van der Waals surface area contributed by atoms with Gasteiger partial charge in [-0.2, -0.15) is 0 Å². The van der Waals surface area contributed by atoms with Crippen molar-refractivity contribution in [1.82, 2.24) is 0 Å². The van der Waals surface area contributed by atoms with Crippen LogP contribution in [-0.2, 0) is 15.2 Å². The smallest absolute Gasteiger partial charge is 0.277 e. The number of carbonyl (C=O) groups is 2. The van der Waals surface area contributed by atoms with Crippen LogP contribution in [-0.4, -0.2) is 31.6 Å². The molecule has 1 amide bonds. The fraction of sp³-hybridized carbons (Fsp3) is 0.192. The number of benzene rings is 3. The second-order valence-corrected chi connectivity index (χ2v) is 8.04. The van der Waals surface area contributed by atoms with Gasteiger partial charge in [0.05, 0.1) is 14.2 Å². The summed E-state index contributed by atoms with van der Waals surface area (Å²) in [5.41, 5.74) is 2.14. The molecule has 0 saturated carbocycles. The van der Waals surface area contributed by atoms with Crippen LogP contribution < -0.4 is 14.8 Å². The van der Waals surface area contributed by atoms with Crippen molar-refractivity contribution in [1.29, 1.82) is 0 Å². The number of nitrogens with one attached hydrogen (secondary N) is 1. The number of ether oxygens (including phenoxy) is 2. The van der Waals surface area contributed by atoms with E-state index in [0.717, 1.165) is 5.56 Å². The maximum Gasteiger partial charge on any atom is 0.277 e. The number of ketones is 1. The number of hydrogen-bond acceptors (Lipinski definition) is 6. The fourth-order valence-electron chi connectivity index (χ4n) is 4.46. The van der Waals surface area contributed by atoms with E-state index in [0.29, 0.717) is 39.6 Å². The molecule has 166 valence electrons. The maximum atomic E-state index is 14.0. The molecule has 2 aliphatic rings. The Hall–Kier alpha value is -4.13. The van der Waals surface area contributed by atoms with Gasteiger partial charge >= 0.3 is 0 Å². The zero-order valence-corrected chi connectivity index (χ0v) is 18.4. The lowest BCUT2D eigenvalue weighted by Gasteiger charge is -2.27. The normalized spacial score (nSPS) is 20.6. The fourth-order valence-corrected chi connectivity index (χ4v) is 4.46. The summed E-state index contributed by atoms with van der Waals surface area (Å²) in [5.74, 6) is -0.806. The average Bonchev–Trinajstić information content (AvgIpc) is 3.37. The summed E-state index contributed by atoms with van der Waals surface area (Å²) < 4.78 is 10.7. The number of hydrogen-bond donors (Lipinski definition) is 1. The van der Waals surface area contributed by atoms with Crippen LogP contribution in [0, 0.1) is 12.8 Å². The van der Waals surface area contributed by atoms with E-state index >= 15 is 0 Å². The second-order valence-electron chi connectivity index (χ2n) is 8.04. The molecule has 2 heterocycles. The van der Waals surface area contributed by atoms with Crippen molar-refractivity contribution >= 4 is 23.1 Å². The van der Waals surface area contributed by atoms with E-state index in [4.69, 9.17) is 14.3 Å². The SMILES string of the molecule is COc1ccc(C(=O)[C@@H]2C(c3ccc(C)cc3)=NO[C@]23C(=O)Nc2ccccc23)cc1OC. The maximum absolute atomic E-state index is 14.0. The van der Waals surface area contributed by atoms with Crippen molar-refractivity contribution in [3.63, 3.8) is 0 Å². The summed E-state index contributed by atoms with van der Waals surface area (Å²) in [6, 6.07) is 19.8. The molecule has 0 fully saturated rings. The molecule has 0 unspecified atom stereocenters. The summed E-state index contributed by atoms with van der Waals surface area (Å²) >= 11 is 0. The molecular weight excluding hydrogens is 420 g/mol. The van der Waals surface area contributed by atoms with Crippen LogP contribution in [0.15, 0.2) is 71.9 Å². The third-order valence-electron chi connectivity index (χ3n) is 6.16. The molecule has 0 radical (unpaired) electrons. The molecule has 0 aliphatic carbocycles. The van der Waals surface area contributed by atoms with Crippen LogP contribution in [0.1, 0.15) is 27.0 Å². The lowest BCUT2D eigenvalue weighted by molar-refractivity contribution is -0.140. The minimum Gasteiger partial charge on any atom is -0.493 e. The van der Waals surface area contributed by atoms with Gasteiger partial charge < -0.3 is 19.6 Å². The molecule has 0 bridgehead atoms. The Balaban J connectivity index is 1.68. The van der Waals surface area contributed by atoms with E-state index < -0.39 is 17.4 Å². The van der Waals surface area contributed by atoms with Crippen LogP contribution >= 0.6 is 0 Å². The molecular formula is C26H22N2O5. The standard InChI is InChI=1S/C26H22N2O5/c1-15-8-10-16(11-9-15)23-22(24(29)17-12-13-20(31-2)21(14-17)32-3)26(33-28-23)18-6-4-5-7-19(18)27-25(26)30/h4-14,22H,1-3H3,(H,27,30)/t22-,26-/m0/s1. The summed E-state index contributed by atoms with van der Waals surface area (Å²) in [6.45, 7) is 1.98. The number of amides is 1. The van der Waals surface area contributed by atoms with E-state index in [-0.39, 0.29) is 5.78 Å². The molecule has 0 aromatic heterocycles. The van der Waals surface area contributed by atoms with Crippen molar-refractivity contribution < 1.29 is 23.9 Å². The van der Waals surface area contributed by atoms with Crippen LogP contribution in [0.5, 0.6) is 11.5 Å². The van der Waals surface area contributed by atoms with E-state index in [1.54, 1.807) is 30.3 Å². The molecule has 0 saturated heterocycles. The van der Waals surface area contributed by atoms with E-state index in [1.807, 2.05) is 43.3 Å². The minimum atomic E-state index is -1.60. The number of rotatable bonds is 5. The first-order valence-electron chi connectivity index (χ1n) is 10.5. The van der Waals surface area contributed by atoms with Crippen molar-refractivity contribution in [2.75, 3.05) is 19.5 Å². The number of Topliss-reactive ketones (excluding diaryl/α,β-unsaturated/α-hetero) is 1. The Bertz CT molecular complexity index is 1300. The largest absolute Gasteiger partial charge is 0.493 e. The number of oxime groups is 1. The minimum absolute atomic E-state index is 0.306. The highest BCUT2D eigenvalue weighted by molar-refractivity contribution is 6.24. The molecule has 3 aromatic carbocycles. The van der Waals surface area contributed by atoms with Crippen LogP contribution in [0.2, 0.25) is 0 Å². The van der Waals surface area contributed by atoms with Gasteiger partial charge in [-0.05, 0) is 31.2 Å². The van der Waals surface area contributed by atoms with Gasteiger partial charge in [0, 0.05) is 22.4 Å². The molecule has 1 N–H and O–H groups in total. The number of anilines is 1. The number of carbonyl (C=O) groups excluding carboxylic acids is 2. The second kappa shape index (κ2) is 7.78. The molecule has 2 atom stereocenters. The highest BCUT2D eigenvalue weighted by atomic mass is 16.7. The first-order valence-corrected chi connectivity index (χ1v) is 10.5. The number of nitrogens with zero attached hydrogens (tertiary/aromatic N) is 1. The van der Waals surface area contributed by atoms with Gasteiger partial charge in [-0.3, -0.25) is 9.59 Å². The predicted octanol–water partition coefficient (Wildman–Crippen LogP) is 4.09. The van der Waals surface area contributed by atoms with Gasteiger partial charge in [0.2, 0.25) is 0 Å². The van der Waals surface area contributed by atoms with Crippen LogP contribution in [0.3, 0.4) is 0 Å². The van der Waals surface area contributed by atoms with Crippen molar-refractivity contribution in [3.8, 4) is 11.5 Å². The summed E-state index contributed by atoms with van der Waals surface area (Å²) in [6.07, 6.45) is 0. The number of fused-ring (bicyclic) bond motifs is 2. The lowest BCUT2D eigenvalue weighted by Crippen LogP contribution is -2.46. The summed E-state index contributed by atoms with van der Waals surface area (Å²) in [7, 11) is 3.03. The van der Waals surface area contributed by atoms with Crippen molar-refractivity contribution in [2.24, 2.45) is 11.1 Å². The van der Waals surface area contributed by atoms with Crippen LogP contribution in [0.4, 0.5) is 5.69 Å². The molecule has 7 heteroatoms. The van der Waals surface area contributed by atoms with Crippen molar-refractivity contribution in [3.05, 3.63) is 89.0 Å². The Morgan fingerprint density at radius 3 is 2.45 bits per heavy atom.